The molecule has 0 aromatic heterocycles. The summed E-state index contributed by atoms with van der Waals surface area (Å²) in [4.78, 5) is 24.5. The Morgan fingerprint density at radius 2 is 2.00 bits per heavy atom. The van der Waals surface area contributed by atoms with E-state index in [4.69, 9.17) is 14.6 Å². The molecule has 6 nitrogen and oxygen atoms in total. The molecule has 1 aliphatic rings. The molecule has 1 aliphatic heterocycles. The third-order valence-electron chi connectivity index (χ3n) is 3.30. The first-order valence-electron chi connectivity index (χ1n) is 6.44. The number of likely N-dealkylation sites (tertiary alicyclic amines) is 1. The van der Waals surface area contributed by atoms with Gasteiger partial charge in [-0.3, -0.25) is 4.79 Å². The average Bonchev–Trinajstić information content (AvgIpc) is 2.48. The Morgan fingerprint density at radius 3 is 2.65 bits per heavy atom. The number of hydrogen-bond donors (Lipinski definition) is 1. The Hall–Kier alpha value is -2.24. The Morgan fingerprint density at radius 1 is 1.30 bits per heavy atom. The van der Waals surface area contributed by atoms with E-state index in [2.05, 4.69) is 0 Å². The molecule has 1 aromatic carbocycles. The fourth-order valence-electron chi connectivity index (χ4n) is 2.21. The molecule has 1 saturated heterocycles. The SMILES string of the molecule is COc1ccccc1OC(=O)N1CCCC(C(=O)O)C1. The molecule has 2 rings (SSSR count). The molecule has 0 aliphatic carbocycles. The Bertz CT molecular complexity index is 502. The number of piperidine rings is 1. The van der Waals surface area contributed by atoms with Gasteiger partial charge >= 0.3 is 12.1 Å². The first-order chi connectivity index (χ1) is 9.61. The number of ether oxygens (including phenoxy) is 2. The van der Waals surface area contributed by atoms with Crippen LogP contribution in [-0.2, 0) is 4.79 Å². The van der Waals surface area contributed by atoms with E-state index in [1.807, 2.05) is 0 Å². The van der Waals surface area contributed by atoms with Gasteiger partial charge in [0.15, 0.2) is 11.5 Å². The third kappa shape index (κ3) is 3.20. The molecule has 1 N–H and O–H groups in total. The quantitative estimate of drug-likeness (QED) is 0.915. The summed E-state index contributed by atoms with van der Waals surface area (Å²) in [5, 5.41) is 9.01. The maximum atomic E-state index is 12.1. The number of methoxy groups -OCH3 is 1. The Kier molecular flexibility index (Phi) is 4.45. The molecule has 0 radical (unpaired) electrons. The predicted molar refractivity (Wildman–Crippen MR) is 71.0 cm³/mol. The van der Waals surface area contributed by atoms with E-state index in [-0.39, 0.29) is 6.54 Å². The molecule has 1 aromatic rings. The van der Waals surface area contributed by atoms with Crippen LogP contribution >= 0.6 is 0 Å². The second-order valence-corrected chi connectivity index (χ2v) is 4.64. The van der Waals surface area contributed by atoms with Crippen LogP contribution in [0.3, 0.4) is 0 Å². The van der Waals surface area contributed by atoms with Gasteiger partial charge in [0.1, 0.15) is 0 Å². The van der Waals surface area contributed by atoms with Crippen LogP contribution in [0, 0.1) is 5.92 Å². The topological polar surface area (TPSA) is 76.1 Å². The van der Waals surface area contributed by atoms with Gasteiger partial charge in [-0.1, -0.05) is 12.1 Å². The number of carbonyl (C=O) groups excluding carboxylic acids is 1. The lowest BCUT2D eigenvalue weighted by atomic mass is 9.99. The summed E-state index contributed by atoms with van der Waals surface area (Å²) >= 11 is 0. The van der Waals surface area contributed by atoms with Gasteiger partial charge in [-0.2, -0.15) is 0 Å². The summed E-state index contributed by atoms with van der Waals surface area (Å²) < 4.78 is 10.4. The number of carboxylic acids is 1. The van der Waals surface area contributed by atoms with Gasteiger partial charge in [-0.15, -0.1) is 0 Å². The molecule has 0 spiro atoms. The monoisotopic (exact) mass is 279 g/mol. The van der Waals surface area contributed by atoms with Crippen molar-refractivity contribution in [2.24, 2.45) is 5.92 Å². The van der Waals surface area contributed by atoms with Crippen LogP contribution in [0.2, 0.25) is 0 Å². The average molecular weight is 279 g/mol. The van der Waals surface area contributed by atoms with Crippen LogP contribution in [0.1, 0.15) is 12.8 Å². The molecule has 6 heteroatoms. The van der Waals surface area contributed by atoms with Crippen molar-refractivity contribution in [3.63, 3.8) is 0 Å². The fourth-order valence-corrected chi connectivity index (χ4v) is 2.21. The second kappa shape index (κ2) is 6.27. The molecule has 108 valence electrons. The minimum absolute atomic E-state index is 0.184. The van der Waals surface area contributed by atoms with Crippen molar-refractivity contribution >= 4 is 12.1 Å². The van der Waals surface area contributed by atoms with Crippen LogP contribution in [-0.4, -0.2) is 42.3 Å². The lowest BCUT2D eigenvalue weighted by Crippen LogP contribution is -2.43. The van der Waals surface area contributed by atoms with E-state index in [9.17, 15) is 9.59 Å². The van der Waals surface area contributed by atoms with E-state index in [1.165, 1.54) is 12.0 Å². The maximum Gasteiger partial charge on any atom is 0.415 e. The molecule has 0 saturated carbocycles. The number of carbonyl (C=O) groups is 2. The molecule has 1 unspecified atom stereocenters. The number of carboxylic acid groups (broad SMARTS) is 1. The smallest absolute Gasteiger partial charge is 0.415 e. The Balaban J connectivity index is 2.02. The highest BCUT2D eigenvalue weighted by Gasteiger charge is 2.29. The van der Waals surface area contributed by atoms with E-state index in [0.29, 0.717) is 30.9 Å². The zero-order chi connectivity index (χ0) is 14.5. The van der Waals surface area contributed by atoms with Crippen molar-refractivity contribution in [3.05, 3.63) is 24.3 Å². The van der Waals surface area contributed by atoms with Gasteiger partial charge in [0.05, 0.1) is 13.0 Å². The van der Waals surface area contributed by atoms with Crippen LogP contribution in [0.25, 0.3) is 0 Å². The number of amides is 1. The molecule has 0 bridgehead atoms. The normalized spacial score (nSPS) is 18.4. The van der Waals surface area contributed by atoms with Crippen molar-refractivity contribution in [3.8, 4) is 11.5 Å². The zero-order valence-corrected chi connectivity index (χ0v) is 11.2. The standard InChI is InChI=1S/C14H17NO5/c1-19-11-6-2-3-7-12(11)20-14(18)15-8-4-5-10(9-15)13(16)17/h2-3,6-7,10H,4-5,8-9H2,1H3,(H,16,17). The minimum Gasteiger partial charge on any atom is -0.493 e. The molecule has 20 heavy (non-hydrogen) atoms. The fraction of sp³-hybridized carbons (Fsp3) is 0.429. The lowest BCUT2D eigenvalue weighted by molar-refractivity contribution is -0.143. The van der Waals surface area contributed by atoms with Crippen molar-refractivity contribution in [1.82, 2.24) is 4.90 Å². The van der Waals surface area contributed by atoms with Gasteiger partial charge in [0.2, 0.25) is 0 Å². The van der Waals surface area contributed by atoms with Crippen molar-refractivity contribution in [2.75, 3.05) is 20.2 Å². The molecule has 1 heterocycles. The number of benzene rings is 1. The maximum absolute atomic E-state index is 12.1. The Labute approximate surface area is 116 Å². The summed E-state index contributed by atoms with van der Waals surface area (Å²) in [6.07, 6.45) is 0.714. The summed E-state index contributed by atoms with van der Waals surface area (Å²) in [7, 11) is 1.49. The van der Waals surface area contributed by atoms with Gasteiger partial charge in [-0.05, 0) is 25.0 Å². The largest absolute Gasteiger partial charge is 0.493 e. The van der Waals surface area contributed by atoms with Crippen LogP contribution < -0.4 is 9.47 Å². The highest BCUT2D eigenvalue weighted by atomic mass is 16.6. The predicted octanol–water partition coefficient (Wildman–Crippen LogP) is 1.99. The van der Waals surface area contributed by atoms with Gasteiger partial charge in [-0.25, -0.2) is 4.79 Å². The van der Waals surface area contributed by atoms with E-state index in [0.717, 1.165) is 0 Å². The third-order valence-corrected chi connectivity index (χ3v) is 3.30. The molecule has 1 fully saturated rings. The van der Waals surface area contributed by atoms with Crippen molar-refractivity contribution in [2.45, 2.75) is 12.8 Å². The summed E-state index contributed by atoms with van der Waals surface area (Å²) in [6.45, 7) is 0.696. The summed E-state index contributed by atoms with van der Waals surface area (Å²) in [5.74, 6) is -0.598. The van der Waals surface area contributed by atoms with Crippen LogP contribution in [0.4, 0.5) is 4.79 Å². The molecule has 1 atom stereocenters. The molecular formula is C14H17NO5. The number of aliphatic carboxylic acids is 1. The number of nitrogens with zero attached hydrogens (tertiary/aromatic N) is 1. The van der Waals surface area contributed by atoms with Gasteiger partial charge in [0.25, 0.3) is 0 Å². The lowest BCUT2D eigenvalue weighted by Gasteiger charge is -2.29. The summed E-state index contributed by atoms with van der Waals surface area (Å²) in [6, 6.07) is 6.84. The highest BCUT2D eigenvalue weighted by molar-refractivity contribution is 5.74. The molecule has 1 amide bonds. The van der Waals surface area contributed by atoms with Crippen LogP contribution in [0.5, 0.6) is 11.5 Å². The van der Waals surface area contributed by atoms with Crippen LogP contribution in [0.15, 0.2) is 24.3 Å². The highest BCUT2D eigenvalue weighted by Crippen LogP contribution is 2.27. The zero-order valence-electron chi connectivity index (χ0n) is 11.2. The number of rotatable bonds is 3. The van der Waals surface area contributed by atoms with E-state index >= 15 is 0 Å². The van der Waals surface area contributed by atoms with Gasteiger partial charge in [0, 0.05) is 13.1 Å². The van der Waals surface area contributed by atoms with Crippen molar-refractivity contribution < 1.29 is 24.2 Å². The summed E-state index contributed by atoms with van der Waals surface area (Å²) in [5.41, 5.74) is 0. The molecular weight excluding hydrogens is 262 g/mol. The first-order valence-corrected chi connectivity index (χ1v) is 6.44. The minimum atomic E-state index is -0.875. The van der Waals surface area contributed by atoms with E-state index < -0.39 is 18.0 Å². The number of hydrogen-bond acceptors (Lipinski definition) is 4. The van der Waals surface area contributed by atoms with Crippen molar-refractivity contribution in [1.29, 1.82) is 0 Å². The number of para-hydroxylation sites is 2. The van der Waals surface area contributed by atoms with Gasteiger partial charge < -0.3 is 19.5 Å². The first kappa shape index (κ1) is 14.2. The van der Waals surface area contributed by atoms with E-state index in [1.54, 1.807) is 24.3 Å². The second-order valence-electron chi connectivity index (χ2n) is 4.64.